The van der Waals surface area contributed by atoms with Gasteiger partial charge in [-0.15, -0.1) is 0 Å². The summed E-state index contributed by atoms with van der Waals surface area (Å²) in [6.07, 6.45) is 1.36. The van der Waals surface area contributed by atoms with Gasteiger partial charge in [-0.05, 0) is 23.8 Å². The summed E-state index contributed by atoms with van der Waals surface area (Å²) < 4.78 is 13.7. The molecule has 19 heavy (non-hydrogen) atoms. The molecule has 0 aliphatic rings. The van der Waals surface area contributed by atoms with Crippen LogP contribution >= 0.6 is 11.6 Å². The number of rotatable bonds is 3. The van der Waals surface area contributed by atoms with E-state index >= 15 is 0 Å². The molecule has 0 atom stereocenters. The minimum absolute atomic E-state index is 0.0370. The third-order valence-electron chi connectivity index (χ3n) is 2.60. The van der Waals surface area contributed by atoms with Crippen molar-refractivity contribution >= 4 is 29.2 Å². The van der Waals surface area contributed by atoms with Crippen LogP contribution in [0.4, 0.5) is 4.39 Å². The van der Waals surface area contributed by atoms with Gasteiger partial charge in [0.1, 0.15) is 5.82 Å². The van der Waals surface area contributed by atoms with Crippen molar-refractivity contribution in [3.63, 3.8) is 0 Å². The first kappa shape index (κ1) is 13.3. The van der Waals surface area contributed by atoms with Crippen LogP contribution in [-0.4, -0.2) is 11.1 Å². The quantitative estimate of drug-likeness (QED) is 0.677. The second kappa shape index (κ2) is 5.67. The van der Waals surface area contributed by atoms with E-state index in [1.54, 1.807) is 30.3 Å². The predicted molar refractivity (Wildman–Crippen MR) is 73.4 cm³/mol. The Balaban J connectivity index is 2.57. The first-order valence-corrected chi connectivity index (χ1v) is 5.92. The van der Waals surface area contributed by atoms with Gasteiger partial charge < -0.3 is 5.11 Å². The van der Waals surface area contributed by atoms with Gasteiger partial charge in [-0.2, -0.15) is 0 Å². The van der Waals surface area contributed by atoms with E-state index in [1.165, 1.54) is 24.3 Å². The molecule has 2 aromatic rings. The average molecular weight is 277 g/mol. The second-order valence-electron chi connectivity index (χ2n) is 3.86. The molecule has 0 saturated heterocycles. The van der Waals surface area contributed by atoms with Crippen LogP contribution in [0.15, 0.2) is 48.5 Å². The molecule has 0 spiro atoms. The number of hydrogen-bond donors (Lipinski definition) is 1. The third-order valence-corrected chi connectivity index (χ3v) is 2.94. The first-order valence-electron chi connectivity index (χ1n) is 5.54. The van der Waals surface area contributed by atoms with Gasteiger partial charge in [-0.25, -0.2) is 9.18 Å². The highest BCUT2D eigenvalue weighted by molar-refractivity contribution is 6.33. The van der Waals surface area contributed by atoms with E-state index < -0.39 is 11.8 Å². The Labute approximate surface area is 114 Å². The van der Waals surface area contributed by atoms with E-state index in [2.05, 4.69) is 0 Å². The summed E-state index contributed by atoms with van der Waals surface area (Å²) in [7, 11) is 0. The summed E-state index contributed by atoms with van der Waals surface area (Å²) in [6, 6.07) is 12.5. The molecular weight excluding hydrogens is 267 g/mol. The molecule has 1 N–H and O–H groups in total. The predicted octanol–water partition coefficient (Wildman–Crippen LogP) is 4.10. The van der Waals surface area contributed by atoms with E-state index in [-0.39, 0.29) is 11.1 Å². The van der Waals surface area contributed by atoms with Gasteiger partial charge in [0, 0.05) is 10.6 Å². The molecule has 2 rings (SSSR count). The number of carboxylic acids is 1. The van der Waals surface area contributed by atoms with E-state index in [0.29, 0.717) is 10.6 Å². The maximum atomic E-state index is 13.7. The van der Waals surface area contributed by atoms with Crippen LogP contribution in [0, 0.1) is 5.82 Å². The van der Waals surface area contributed by atoms with Crippen LogP contribution in [0.5, 0.6) is 0 Å². The number of carbonyl (C=O) groups is 1. The minimum Gasteiger partial charge on any atom is -0.478 e. The lowest BCUT2D eigenvalue weighted by molar-refractivity contribution is -0.130. The summed E-state index contributed by atoms with van der Waals surface area (Å²) >= 11 is 5.97. The van der Waals surface area contributed by atoms with Crippen molar-refractivity contribution in [3.8, 4) is 0 Å². The molecule has 0 bridgehead atoms. The molecule has 96 valence electrons. The zero-order valence-electron chi connectivity index (χ0n) is 9.81. The smallest absolute Gasteiger partial charge is 0.336 e. The molecule has 0 radical (unpaired) electrons. The van der Waals surface area contributed by atoms with Crippen molar-refractivity contribution in [1.82, 2.24) is 0 Å². The zero-order valence-corrected chi connectivity index (χ0v) is 10.6. The van der Waals surface area contributed by atoms with Crippen LogP contribution in [0.2, 0.25) is 5.02 Å². The van der Waals surface area contributed by atoms with Crippen LogP contribution in [0.1, 0.15) is 11.1 Å². The number of aliphatic carboxylic acids is 1. The molecule has 0 saturated carbocycles. The lowest BCUT2D eigenvalue weighted by atomic mass is 10.0. The van der Waals surface area contributed by atoms with Crippen molar-refractivity contribution in [2.75, 3.05) is 0 Å². The average Bonchev–Trinajstić information content (AvgIpc) is 2.38. The topological polar surface area (TPSA) is 37.3 Å². The molecule has 4 heteroatoms. The molecule has 0 aromatic heterocycles. The number of hydrogen-bond acceptors (Lipinski definition) is 1. The van der Waals surface area contributed by atoms with Crippen LogP contribution < -0.4 is 0 Å². The molecule has 0 fully saturated rings. The maximum absolute atomic E-state index is 13.7. The van der Waals surface area contributed by atoms with Crippen molar-refractivity contribution < 1.29 is 14.3 Å². The van der Waals surface area contributed by atoms with Crippen molar-refractivity contribution in [1.29, 1.82) is 0 Å². The summed E-state index contributed by atoms with van der Waals surface area (Å²) in [5.74, 6) is -1.78. The Morgan fingerprint density at radius 3 is 2.37 bits per heavy atom. The molecule has 0 unspecified atom stereocenters. The second-order valence-corrected chi connectivity index (χ2v) is 4.27. The summed E-state index contributed by atoms with van der Waals surface area (Å²) in [5, 5.41) is 9.64. The monoisotopic (exact) mass is 276 g/mol. The Hall–Kier alpha value is -2.13. The molecule has 0 heterocycles. The molecule has 2 aromatic carbocycles. The maximum Gasteiger partial charge on any atom is 0.336 e. The Morgan fingerprint density at radius 2 is 1.74 bits per heavy atom. The van der Waals surface area contributed by atoms with Gasteiger partial charge in [0.25, 0.3) is 0 Å². The standard InChI is InChI=1S/C15H10ClFO2/c16-13-7-3-1-5-10(13)9-12(15(18)19)11-6-2-4-8-14(11)17/h1-9H,(H,18,19)/b12-9+. The largest absolute Gasteiger partial charge is 0.478 e. The molecule has 0 aliphatic carbocycles. The molecular formula is C15H10ClFO2. The SMILES string of the molecule is O=C(O)/C(=C/c1ccccc1Cl)c1ccccc1F. The fraction of sp³-hybridized carbons (Fsp3) is 0. The molecule has 0 amide bonds. The number of benzene rings is 2. The van der Waals surface area contributed by atoms with Crippen molar-refractivity contribution in [3.05, 3.63) is 70.5 Å². The van der Waals surface area contributed by atoms with Crippen molar-refractivity contribution in [2.24, 2.45) is 0 Å². The molecule has 2 nitrogen and oxygen atoms in total. The molecule has 0 aliphatic heterocycles. The summed E-state index contributed by atoms with van der Waals surface area (Å²) in [6.45, 7) is 0. The van der Waals surface area contributed by atoms with E-state index in [4.69, 9.17) is 11.6 Å². The Bertz CT molecular complexity index is 650. The Kier molecular flexibility index (Phi) is 3.97. The van der Waals surface area contributed by atoms with E-state index in [1.807, 2.05) is 0 Å². The zero-order chi connectivity index (χ0) is 13.8. The van der Waals surface area contributed by atoms with Gasteiger partial charge in [0.15, 0.2) is 0 Å². The van der Waals surface area contributed by atoms with Gasteiger partial charge >= 0.3 is 5.97 Å². The highest BCUT2D eigenvalue weighted by atomic mass is 35.5. The minimum atomic E-state index is -1.20. The van der Waals surface area contributed by atoms with Gasteiger partial charge in [0.05, 0.1) is 5.57 Å². The number of halogens is 2. The van der Waals surface area contributed by atoms with Gasteiger partial charge in [0.2, 0.25) is 0 Å². The first-order chi connectivity index (χ1) is 9.09. The Morgan fingerprint density at radius 1 is 1.11 bits per heavy atom. The van der Waals surface area contributed by atoms with Crippen LogP contribution in [0.3, 0.4) is 0 Å². The van der Waals surface area contributed by atoms with Gasteiger partial charge in [-0.3, -0.25) is 0 Å². The van der Waals surface area contributed by atoms with Gasteiger partial charge in [-0.1, -0.05) is 48.0 Å². The summed E-state index contributed by atoms with van der Waals surface area (Å²) in [4.78, 5) is 11.3. The number of carboxylic acid groups (broad SMARTS) is 1. The lowest BCUT2D eigenvalue weighted by Gasteiger charge is -2.05. The van der Waals surface area contributed by atoms with Crippen LogP contribution in [-0.2, 0) is 4.79 Å². The highest BCUT2D eigenvalue weighted by Gasteiger charge is 2.14. The third kappa shape index (κ3) is 3.01. The highest BCUT2D eigenvalue weighted by Crippen LogP contribution is 2.24. The van der Waals surface area contributed by atoms with Crippen LogP contribution in [0.25, 0.3) is 11.6 Å². The van der Waals surface area contributed by atoms with E-state index in [0.717, 1.165) is 0 Å². The van der Waals surface area contributed by atoms with E-state index in [9.17, 15) is 14.3 Å². The summed E-state index contributed by atoms with van der Waals surface area (Å²) in [5.41, 5.74) is 0.436. The lowest BCUT2D eigenvalue weighted by Crippen LogP contribution is -2.01. The fourth-order valence-corrected chi connectivity index (χ4v) is 1.87. The normalized spacial score (nSPS) is 11.4. The van der Waals surface area contributed by atoms with Crippen molar-refractivity contribution in [2.45, 2.75) is 0 Å². The fourth-order valence-electron chi connectivity index (χ4n) is 1.68.